The average molecular weight is 590 g/mol. The largest absolute Gasteiger partial charge is 0.479 e. The molecule has 2 saturated heterocycles. The van der Waals surface area contributed by atoms with E-state index in [1.54, 1.807) is 29.2 Å². The van der Waals surface area contributed by atoms with Crippen LogP contribution in [0.15, 0.2) is 47.4 Å². The van der Waals surface area contributed by atoms with Crippen LogP contribution in [0.5, 0.6) is 11.5 Å². The first kappa shape index (κ1) is 31.3. The fraction of sp³-hybridized carbons (Fsp3) is 0.407. The van der Waals surface area contributed by atoms with Gasteiger partial charge in [0.2, 0.25) is 5.91 Å². The average Bonchev–Trinajstić information content (AvgIpc) is 3.61. The molecular weight excluding hydrogens is 558 g/mol. The van der Waals surface area contributed by atoms with E-state index in [1.807, 2.05) is 6.92 Å². The summed E-state index contributed by atoms with van der Waals surface area (Å²) in [4.78, 5) is 36.0. The third kappa shape index (κ3) is 8.90. The Balaban J connectivity index is 0.000000352. The Kier molecular flexibility index (Phi) is 10.6. The summed E-state index contributed by atoms with van der Waals surface area (Å²) in [6, 6.07) is 12.3. The molecule has 2 heterocycles. The SMILES string of the molecule is Cc1ccc(S(=O)(=O)O)cc1.N#C[C@@H]1CCCN1C(=O)[C@@H]1C[C@H](c2ccc(OCC(=O)O)c(OCC(=O)O)c2)CN1. The summed E-state index contributed by atoms with van der Waals surface area (Å²) >= 11 is 0. The van der Waals surface area contributed by atoms with Crippen molar-refractivity contribution in [3.8, 4) is 17.6 Å². The number of benzene rings is 2. The Bertz CT molecular complexity index is 1410. The molecule has 0 spiro atoms. The highest BCUT2D eigenvalue weighted by atomic mass is 32.2. The van der Waals surface area contributed by atoms with E-state index in [4.69, 9.17) is 24.2 Å². The number of nitriles is 1. The Morgan fingerprint density at radius 2 is 1.68 bits per heavy atom. The minimum absolute atomic E-state index is 0.0252. The molecule has 0 aliphatic carbocycles. The molecule has 1 amide bonds. The molecule has 4 rings (SSSR count). The topological polar surface area (TPSA) is 204 Å². The lowest BCUT2D eigenvalue weighted by Crippen LogP contribution is -2.45. The summed E-state index contributed by atoms with van der Waals surface area (Å²) in [6.45, 7) is 1.79. The van der Waals surface area contributed by atoms with E-state index in [2.05, 4.69) is 11.4 Å². The summed E-state index contributed by atoms with van der Waals surface area (Å²) < 4.78 is 40.0. The molecule has 3 atom stereocenters. The van der Waals surface area contributed by atoms with Gasteiger partial charge >= 0.3 is 11.9 Å². The van der Waals surface area contributed by atoms with Crippen LogP contribution in [0.25, 0.3) is 0 Å². The number of nitrogens with zero attached hydrogens (tertiary/aromatic N) is 2. The monoisotopic (exact) mass is 589 g/mol. The molecule has 220 valence electrons. The summed E-state index contributed by atoms with van der Waals surface area (Å²) in [7, 11) is -4.02. The number of carboxylic acid groups (broad SMARTS) is 2. The molecule has 0 radical (unpaired) electrons. The molecule has 2 fully saturated rings. The zero-order chi connectivity index (χ0) is 30.2. The standard InChI is InChI=1S/C20H23N3O7.C7H8O3S/c21-8-14-2-1-5-23(14)20(28)15-6-13(9-22-15)12-3-4-16(29-10-18(24)25)17(7-12)30-11-19(26)27;1-6-2-4-7(5-3-6)11(8,9)10/h3-4,7,13-15,22H,1-2,5-6,9-11H2,(H,24,25)(H,26,27);2-5H,1H3,(H,8,9,10)/t13-,14-,15-;/m0./s1. The van der Waals surface area contributed by atoms with Crippen molar-refractivity contribution in [2.75, 3.05) is 26.3 Å². The number of hydrogen-bond acceptors (Lipinski definition) is 9. The van der Waals surface area contributed by atoms with Gasteiger partial charge in [-0.3, -0.25) is 9.35 Å². The van der Waals surface area contributed by atoms with Crippen molar-refractivity contribution in [3.05, 3.63) is 53.6 Å². The van der Waals surface area contributed by atoms with Crippen LogP contribution in [0.4, 0.5) is 0 Å². The van der Waals surface area contributed by atoms with Gasteiger partial charge in [-0.2, -0.15) is 13.7 Å². The van der Waals surface area contributed by atoms with E-state index in [0.29, 0.717) is 25.9 Å². The lowest BCUT2D eigenvalue weighted by atomic mass is 9.95. The molecule has 0 aromatic heterocycles. The van der Waals surface area contributed by atoms with Gasteiger partial charge in [0.25, 0.3) is 10.1 Å². The number of hydrogen-bond donors (Lipinski definition) is 4. The van der Waals surface area contributed by atoms with Crippen LogP contribution in [0.3, 0.4) is 0 Å². The molecule has 0 bridgehead atoms. The van der Waals surface area contributed by atoms with Gasteiger partial charge in [-0.1, -0.05) is 23.8 Å². The van der Waals surface area contributed by atoms with Crippen LogP contribution in [-0.2, 0) is 24.5 Å². The summed E-state index contributed by atoms with van der Waals surface area (Å²) in [5, 5.41) is 30.1. The van der Waals surface area contributed by atoms with E-state index in [-0.39, 0.29) is 34.3 Å². The van der Waals surface area contributed by atoms with Crippen LogP contribution < -0.4 is 14.8 Å². The van der Waals surface area contributed by atoms with Gasteiger partial charge in [-0.15, -0.1) is 0 Å². The quantitative estimate of drug-likeness (QED) is 0.309. The number of carbonyl (C=O) groups is 3. The molecule has 2 aromatic carbocycles. The molecule has 4 N–H and O–H groups in total. The minimum atomic E-state index is -4.02. The van der Waals surface area contributed by atoms with Gasteiger partial charge in [0.1, 0.15) is 6.04 Å². The van der Waals surface area contributed by atoms with Crippen LogP contribution in [0, 0.1) is 18.3 Å². The highest BCUT2D eigenvalue weighted by Gasteiger charge is 2.37. The van der Waals surface area contributed by atoms with Crippen LogP contribution >= 0.6 is 0 Å². The van der Waals surface area contributed by atoms with Crippen molar-refractivity contribution in [2.45, 2.75) is 49.1 Å². The maximum atomic E-state index is 12.8. The normalized spacial score (nSPS) is 19.9. The number of aliphatic carboxylic acids is 2. The van der Waals surface area contributed by atoms with Crippen molar-refractivity contribution < 1.29 is 47.0 Å². The fourth-order valence-corrected chi connectivity index (χ4v) is 5.02. The van der Waals surface area contributed by atoms with Crippen LogP contribution in [-0.4, -0.2) is 84.3 Å². The predicted molar refractivity (Wildman–Crippen MR) is 143 cm³/mol. The predicted octanol–water partition coefficient (Wildman–Crippen LogP) is 1.82. The van der Waals surface area contributed by atoms with E-state index >= 15 is 0 Å². The first-order valence-corrected chi connectivity index (χ1v) is 14.1. The fourth-order valence-electron chi connectivity index (χ4n) is 4.54. The van der Waals surface area contributed by atoms with Crippen molar-refractivity contribution >= 4 is 28.0 Å². The van der Waals surface area contributed by atoms with Crippen LogP contribution in [0.1, 0.15) is 36.3 Å². The van der Waals surface area contributed by atoms with E-state index in [1.165, 1.54) is 18.2 Å². The zero-order valence-corrected chi connectivity index (χ0v) is 23.0. The highest BCUT2D eigenvalue weighted by molar-refractivity contribution is 7.85. The van der Waals surface area contributed by atoms with Gasteiger partial charge in [-0.25, -0.2) is 9.59 Å². The van der Waals surface area contributed by atoms with Crippen molar-refractivity contribution in [1.29, 1.82) is 5.26 Å². The first-order valence-electron chi connectivity index (χ1n) is 12.7. The van der Waals surface area contributed by atoms with Crippen molar-refractivity contribution in [1.82, 2.24) is 10.2 Å². The van der Waals surface area contributed by atoms with E-state index < -0.39 is 41.3 Å². The first-order chi connectivity index (χ1) is 19.4. The number of rotatable bonds is 9. The molecule has 0 unspecified atom stereocenters. The summed E-state index contributed by atoms with van der Waals surface area (Å²) in [5.41, 5.74) is 1.77. The van der Waals surface area contributed by atoms with Gasteiger partial charge in [0.05, 0.1) is 17.0 Å². The van der Waals surface area contributed by atoms with Gasteiger partial charge in [0.15, 0.2) is 24.7 Å². The second-order valence-electron chi connectivity index (χ2n) is 9.57. The molecule has 2 aromatic rings. The lowest BCUT2D eigenvalue weighted by molar-refractivity contribution is -0.140. The molecule has 2 aliphatic rings. The van der Waals surface area contributed by atoms with Crippen LogP contribution in [0.2, 0.25) is 0 Å². The van der Waals surface area contributed by atoms with E-state index in [0.717, 1.165) is 17.5 Å². The van der Waals surface area contributed by atoms with Gasteiger partial charge < -0.3 is 29.9 Å². The number of ether oxygens (including phenoxy) is 2. The lowest BCUT2D eigenvalue weighted by Gasteiger charge is -2.23. The maximum absolute atomic E-state index is 12.8. The van der Waals surface area contributed by atoms with Crippen molar-refractivity contribution in [2.24, 2.45) is 0 Å². The Morgan fingerprint density at radius 3 is 2.27 bits per heavy atom. The van der Waals surface area contributed by atoms with Crippen molar-refractivity contribution in [3.63, 3.8) is 0 Å². The second kappa shape index (κ2) is 13.9. The molecule has 0 saturated carbocycles. The second-order valence-corrected chi connectivity index (χ2v) is 11.0. The number of carbonyl (C=O) groups excluding carboxylic acids is 1. The smallest absolute Gasteiger partial charge is 0.341 e. The Morgan fingerprint density at radius 1 is 1.05 bits per heavy atom. The number of amides is 1. The summed E-state index contributed by atoms with van der Waals surface area (Å²) in [6.07, 6.45) is 2.05. The van der Waals surface area contributed by atoms with E-state index in [9.17, 15) is 28.1 Å². The maximum Gasteiger partial charge on any atom is 0.341 e. The van der Waals surface area contributed by atoms with Gasteiger partial charge in [0, 0.05) is 13.1 Å². The Labute approximate surface area is 237 Å². The zero-order valence-electron chi connectivity index (χ0n) is 22.2. The highest BCUT2D eigenvalue weighted by Crippen LogP contribution is 2.35. The molecule has 13 nitrogen and oxygen atoms in total. The molecule has 41 heavy (non-hydrogen) atoms. The number of carboxylic acids is 2. The number of nitrogens with one attached hydrogen (secondary N) is 1. The Hall–Kier alpha value is -4.19. The number of aryl methyl sites for hydroxylation is 1. The summed E-state index contributed by atoms with van der Waals surface area (Å²) in [5.74, 6) is -2.17. The third-order valence-electron chi connectivity index (χ3n) is 6.57. The molecule has 14 heteroatoms. The molecule has 2 aliphatic heterocycles. The third-order valence-corrected chi connectivity index (χ3v) is 7.44. The molecular formula is C27H31N3O10S. The van der Waals surface area contributed by atoms with Gasteiger partial charge in [-0.05, 0) is 61.9 Å². The minimum Gasteiger partial charge on any atom is -0.479 e. The number of likely N-dealkylation sites (tertiary alicyclic amines) is 1.